The number of rotatable bonds is 6. The van der Waals surface area contributed by atoms with Gasteiger partial charge in [-0.1, -0.05) is 6.92 Å². The molecule has 1 unspecified atom stereocenters. The van der Waals surface area contributed by atoms with E-state index in [-0.39, 0.29) is 12.5 Å². The van der Waals surface area contributed by atoms with Crippen LogP contribution in [0.4, 0.5) is 5.00 Å². The SMILES string of the molecule is CCn1cc(CN(C)CC(=O)Nc2sc3c(c2C#N)CCC(C)C3)cn1. The van der Waals surface area contributed by atoms with Gasteiger partial charge in [0.25, 0.3) is 0 Å². The molecule has 0 saturated carbocycles. The lowest BCUT2D eigenvalue weighted by atomic mass is 9.89. The number of nitrogens with zero attached hydrogens (tertiary/aromatic N) is 4. The van der Waals surface area contributed by atoms with Crippen LogP contribution in [0.3, 0.4) is 0 Å². The Morgan fingerprint density at radius 1 is 1.58 bits per heavy atom. The van der Waals surface area contributed by atoms with Crippen molar-refractivity contribution in [2.24, 2.45) is 5.92 Å². The van der Waals surface area contributed by atoms with Crippen LogP contribution >= 0.6 is 11.3 Å². The number of nitrogens with one attached hydrogen (secondary N) is 1. The van der Waals surface area contributed by atoms with Crippen molar-refractivity contribution < 1.29 is 4.79 Å². The minimum absolute atomic E-state index is 0.0847. The summed E-state index contributed by atoms with van der Waals surface area (Å²) >= 11 is 1.57. The second-order valence-corrected chi connectivity index (χ2v) is 8.20. The van der Waals surface area contributed by atoms with E-state index in [0.29, 0.717) is 23.0 Å². The summed E-state index contributed by atoms with van der Waals surface area (Å²) in [6.07, 6.45) is 6.88. The maximum Gasteiger partial charge on any atom is 0.239 e. The van der Waals surface area contributed by atoms with E-state index < -0.39 is 0 Å². The van der Waals surface area contributed by atoms with Crippen LogP contribution in [0.1, 0.15) is 41.8 Å². The topological polar surface area (TPSA) is 74.0 Å². The molecule has 0 fully saturated rings. The molecule has 1 atom stereocenters. The van der Waals surface area contributed by atoms with Gasteiger partial charge >= 0.3 is 0 Å². The molecule has 1 N–H and O–H groups in total. The fourth-order valence-corrected chi connectivity index (χ4v) is 4.77. The number of amides is 1. The lowest BCUT2D eigenvalue weighted by Gasteiger charge is -2.17. The summed E-state index contributed by atoms with van der Waals surface area (Å²) in [6, 6.07) is 2.30. The Morgan fingerprint density at radius 3 is 3.08 bits per heavy atom. The Kier molecular flexibility index (Phi) is 5.74. The molecule has 7 heteroatoms. The normalized spacial score (nSPS) is 16.3. The molecule has 0 bridgehead atoms. The van der Waals surface area contributed by atoms with Crippen molar-refractivity contribution in [2.45, 2.75) is 46.2 Å². The molecular weight excluding hydrogens is 346 g/mol. The molecule has 138 valence electrons. The fourth-order valence-electron chi connectivity index (χ4n) is 3.40. The number of hydrogen-bond donors (Lipinski definition) is 1. The number of fused-ring (bicyclic) bond motifs is 1. The van der Waals surface area contributed by atoms with Gasteiger partial charge in [-0.3, -0.25) is 14.4 Å². The monoisotopic (exact) mass is 371 g/mol. The zero-order valence-corrected chi connectivity index (χ0v) is 16.4. The molecule has 1 amide bonds. The molecule has 0 aromatic carbocycles. The number of thiophene rings is 1. The fraction of sp³-hybridized carbons (Fsp3) is 0.526. The number of likely N-dealkylation sites (N-methyl/N-ethyl adjacent to an activating group) is 1. The highest BCUT2D eigenvalue weighted by atomic mass is 32.1. The lowest BCUT2D eigenvalue weighted by Crippen LogP contribution is -2.29. The van der Waals surface area contributed by atoms with E-state index in [1.54, 1.807) is 11.3 Å². The molecule has 2 aromatic rings. The predicted octanol–water partition coefficient (Wildman–Crippen LogP) is 3.03. The van der Waals surface area contributed by atoms with Crippen LogP contribution in [0.15, 0.2) is 12.4 Å². The molecular formula is C19H25N5OS. The highest BCUT2D eigenvalue weighted by Gasteiger charge is 2.24. The van der Waals surface area contributed by atoms with Crippen LogP contribution in [-0.4, -0.2) is 34.2 Å². The predicted molar refractivity (Wildman–Crippen MR) is 103 cm³/mol. The molecule has 2 aromatic heterocycles. The van der Waals surface area contributed by atoms with Gasteiger partial charge in [-0.25, -0.2) is 0 Å². The van der Waals surface area contributed by atoms with Gasteiger partial charge in [0.05, 0.1) is 18.3 Å². The first-order chi connectivity index (χ1) is 12.5. The minimum Gasteiger partial charge on any atom is -0.315 e. The summed E-state index contributed by atoms with van der Waals surface area (Å²) in [7, 11) is 1.91. The molecule has 3 rings (SSSR count). The van der Waals surface area contributed by atoms with Gasteiger partial charge in [0.1, 0.15) is 11.1 Å². The zero-order chi connectivity index (χ0) is 18.7. The summed E-state index contributed by atoms with van der Waals surface area (Å²) in [4.78, 5) is 15.7. The van der Waals surface area contributed by atoms with E-state index in [9.17, 15) is 10.1 Å². The first-order valence-electron chi connectivity index (χ1n) is 9.04. The smallest absolute Gasteiger partial charge is 0.239 e. The molecule has 1 aliphatic carbocycles. The van der Waals surface area contributed by atoms with E-state index in [2.05, 4.69) is 23.4 Å². The number of aromatic nitrogens is 2. The van der Waals surface area contributed by atoms with Crippen LogP contribution < -0.4 is 5.32 Å². The van der Waals surface area contributed by atoms with Crippen molar-refractivity contribution in [1.29, 1.82) is 5.26 Å². The standard InChI is InChI=1S/C19H25N5OS/c1-4-24-11-14(9-21-24)10-23(3)12-18(25)22-19-16(8-20)15-6-5-13(2)7-17(15)26-19/h9,11,13H,4-7,10,12H2,1-3H3,(H,22,25). The Balaban J connectivity index is 1.62. The molecule has 2 heterocycles. The molecule has 0 saturated heterocycles. The first kappa shape index (κ1) is 18.6. The molecule has 6 nitrogen and oxygen atoms in total. The highest BCUT2D eigenvalue weighted by Crippen LogP contribution is 2.39. The maximum absolute atomic E-state index is 12.4. The van der Waals surface area contributed by atoms with Gasteiger partial charge in [-0.05, 0) is 44.7 Å². The van der Waals surface area contributed by atoms with Crippen molar-refractivity contribution in [3.8, 4) is 6.07 Å². The Hall–Kier alpha value is -2.17. The van der Waals surface area contributed by atoms with E-state index in [1.165, 1.54) is 4.88 Å². The third-order valence-electron chi connectivity index (χ3n) is 4.75. The van der Waals surface area contributed by atoms with E-state index in [4.69, 9.17) is 0 Å². The molecule has 0 spiro atoms. The van der Waals surface area contributed by atoms with Crippen LogP contribution in [0.25, 0.3) is 0 Å². The van der Waals surface area contributed by atoms with Gasteiger partial charge in [-0.15, -0.1) is 11.3 Å². The summed E-state index contributed by atoms with van der Waals surface area (Å²) in [5, 5.41) is 17.5. The summed E-state index contributed by atoms with van der Waals surface area (Å²) in [5.41, 5.74) is 2.89. The minimum atomic E-state index is -0.0847. The van der Waals surface area contributed by atoms with Crippen LogP contribution in [0, 0.1) is 17.2 Å². The number of nitriles is 1. The van der Waals surface area contributed by atoms with Gasteiger partial charge in [0.15, 0.2) is 0 Å². The van der Waals surface area contributed by atoms with Crippen molar-refractivity contribution in [1.82, 2.24) is 14.7 Å². The average molecular weight is 372 g/mol. The van der Waals surface area contributed by atoms with Gasteiger partial charge in [0, 0.05) is 29.7 Å². The zero-order valence-electron chi connectivity index (χ0n) is 15.6. The summed E-state index contributed by atoms with van der Waals surface area (Å²) < 4.78 is 1.87. The quantitative estimate of drug-likeness (QED) is 0.847. The van der Waals surface area contributed by atoms with Gasteiger partial charge in [0.2, 0.25) is 5.91 Å². The first-order valence-corrected chi connectivity index (χ1v) is 9.86. The van der Waals surface area contributed by atoms with Crippen LogP contribution in [0.2, 0.25) is 0 Å². The largest absolute Gasteiger partial charge is 0.315 e. The van der Waals surface area contributed by atoms with Crippen molar-refractivity contribution in [3.05, 3.63) is 34.0 Å². The molecule has 0 radical (unpaired) electrons. The molecule has 0 aliphatic heterocycles. The Morgan fingerprint density at radius 2 is 2.38 bits per heavy atom. The average Bonchev–Trinajstić information content (AvgIpc) is 3.17. The van der Waals surface area contributed by atoms with Crippen molar-refractivity contribution in [2.75, 3.05) is 18.9 Å². The number of carbonyl (C=O) groups excluding carboxylic acids is 1. The van der Waals surface area contributed by atoms with Crippen molar-refractivity contribution >= 4 is 22.2 Å². The second-order valence-electron chi connectivity index (χ2n) is 7.09. The number of hydrogen-bond acceptors (Lipinski definition) is 5. The second kappa shape index (κ2) is 8.02. The number of anilines is 1. The molecule has 26 heavy (non-hydrogen) atoms. The maximum atomic E-state index is 12.4. The lowest BCUT2D eigenvalue weighted by molar-refractivity contribution is -0.117. The van der Waals surface area contributed by atoms with E-state index in [0.717, 1.165) is 36.9 Å². The third kappa shape index (κ3) is 4.14. The number of carbonyl (C=O) groups is 1. The van der Waals surface area contributed by atoms with Gasteiger partial charge in [-0.2, -0.15) is 10.4 Å². The highest BCUT2D eigenvalue weighted by molar-refractivity contribution is 7.16. The van der Waals surface area contributed by atoms with Crippen LogP contribution in [-0.2, 0) is 30.7 Å². The number of aryl methyl sites for hydroxylation is 1. The Labute approximate surface area is 158 Å². The third-order valence-corrected chi connectivity index (χ3v) is 5.92. The summed E-state index contributed by atoms with van der Waals surface area (Å²) in [5.74, 6) is 0.560. The van der Waals surface area contributed by atoms with Crippen molar-refractivity contribution in [3.63, 3.8) is 0 Å². The van der Waals surface area contributed by atoms with Crippen LogP contribution in [0.5, 0.6) is 0 Å². The Bertz CT molecular complexity index is 832. The summed E-state index contributed by atoms with van der Waals surface area (Å²) in [6.45, 7) is 6.06. The van der Waals surface area contributed by atoms with E-state index in [1.807, 2.05) is 35.9 Å². The molecule has 1 aliphatic rings. The van der Waals surface area contributed by atoms with Gasteiger partial charge < -0.3 is 5.32 Å². The van der Waals surface area contributed by atoms with E-state index >= 15 is 0 Å².